The zero-order valence-corrected chi connectivity index (χ0v) is 9.52. The largest absolute Gasteiger partial charge is 0.393 e. The summed E-state index contributed by atoms with van der Waals surface area (Å²) in [5.41, 5.74) is 9.42. The van der Waals surface area contributed by atoms with Crippen LogP contribution in [0.3, 0.4) is 0 Å². The van der Waals surface area contributed by atoms with Gasteiger partial charge in [-0.2, -0.15) is 0 Å². The topological polar surface area (TPSA) is 102 Å². The van der Waals surface area contributed by atoms with Gasteiger partial charge in [0.1, 0.15) is 17.8 Å². The second kappa shape index (κ2) is 5.28. The Morgan fingerprint density at radius 3 is 2.44 bits per heavy atom. The number of benzene rings is 1. The van der Waals surface area contributed by atoms with Crippen LogP contribution in [0.2, 0.25) is 0 Å². The van der Waals surface area contributed by atoms with E-state index in [1.54, 1.807) is 12.1 Å². The van der Waals surface area contributed by atoms with Gasteiger partial charge in [0.05, 0.1) is 0 Å². The minimum atomic E-state index is -0.269. The van der Waals surface area contributed by atoms with E-state index < -0.39 is 0 Å². The van der Waals surface area contributed by atoms with Crippen molar-refractivity contribution in [1.82, 2.24) is 9.97 Å². The smallest absolute Gasteiger partial charge is 0.168 e. The molecular formula is C11H13FN6. The lowest BCUT2D eigenvalue weighted by Gasteiger charge is -2.10. The molecule has 0 unspecified atom stereocenters. The van der Waals surface area contributed by atoms with Gasteiger partial charge >= 0.3 is 0 Å². The van der Waals surface area contributed by atoms with Crippen LogP contribution in [0.25, 0.3) is 0 Å². The molecule has 1 heterocycles. The summed E-state index contributed by atoms with van der Waals surface area (Å²) in [4.78, 5) is 7.86. The molecule has 7 heteroatoms. The first-order valence-electron chi connectivity index (χ1n) is 5.26. The molecule has 0 saturated heterocycles. The number of hydrogen-bond donors (Lipinski definition) is 4. The minimum Gasteiger partial charge on any atom is -0.393 e. The van der Waals surface area contributed by atoms with Gasteiger partial charge in [0.25, 0.3) is 0 Å². The molecule has 6 N–H and O–H groups in total. The maximum absolute atomic E-state index is 12.7. The number of rotatable bonds is 4. The maximum Gasteiger partial charge on any atom is 0.168 e. The third-order valence-electron chi connectivity index (χ3n) is 2.39. The fraction of sp³-hybridized carbons (Fsp3) is 0.0909. The Balaban J connectivity index is 2.08. The molecule has 2 rings (SSSR count). The molecule has 18 heavy (non-hydrogen) atoms. The summed E-state index contributed by atoms with van der Waals surface area (Å²) in [5.74, 6) is 5.81. The molecule has 0 saturated carbocycles. The predicted octanol–water partition coefficient (Wildman–Crippen LogP) is 1.10. The molecule has 0 aliphatic carbocycles. The molecule has 0 aliphatic rings. The summed E-state index contributed by atoms with van der Waals surface area (Å²) in [6.45, 7) is 0.478. The third kappa shape index (κ3) is 2.64. The van der Waals surface area contributed by atoms with Gasteiger partial charge in [-0.05, 0) is 17.7 Å². The monoisotopic (exact) mass is 248 g/mol. The first-order chi connectivity index (χ1) is 8.70. The molecule has 6 nitrogen and oxygen atoms in total. The van der Waals surface area contributed by atoms with E-state index in [9.17, 15) is 4.39 Å². The summed E-state index contributed by atoms with van der Waals surface area (Å²) in [7, 11) is 0. The van der Waals surface area contributed by atoms with Gasteiger partial charge in [0, 0.05) is 6.54 Å². The van der Waals surface area contributed by atoms with E-state index in [1.807, 2.05) is 0 Å². The molecule has 94 valence electrons. The fourth-order valence-corrected chi connectivity index (χ4v) is 1.44. The summed E-state index contributed by atoms with van der Waals surface area (Å²) < 4.78 is 12.7. The van der Waals surface area contributed by atoms with Gasteiger partial charge in [0.15, 0.2) is 11.6 Å². The highest BCUT2D eigenvalue weighted by Crippen LogP contribution is 2.21. The molecule has 0 amide bonds. The molecule has 0 bridgehead atoms. The van der Waals surface area contributed by atoms with Crippen LogP contribution in [-0.2, 0) is 6.54 Å². The molecule has 2 aromatic rings. The molecular weight excluding hydrogens is 235 g/mol. The first-order valence-corrected chi connectivity index (χ1v) is 5.26. The number of nitrogen functional groups attached to an aromatic ring is 2. The molecule has 0 aliphatic heterocycles. The van der Waals surface area contributed by atoms with Gasteiger partial charge in [-0.25, -0.2) is 20.2 Å². The Labute approximate surface area is 103 Å². The highest BCUT2D eigenvalue weighted by atomic mass is 19.1. The Morgan fingerprint density at radius 1 is 1.11 bits per heavy atom. The average Bonchev–Trinajstić information content (AvgIpc) is 2.39. The van der Waals surface area contributed by atoms with Crippen molar-refractivity contribution < 1.29 is 4.39 Å². The van der Waals surface area contributed by atoms with E-state index in [-0.39, 0.29) is 5.82 Å². The maximum atomic E-state index is 12.7. The van der Waals surface area contributed by atoms with Crippen LogP contribution in [0.15, 0.2) is 30.6 Å². The van der Waals surface area contributed by atoms with Gasteiger partial charge in [-0.1, -0.05) is 12.1 Å². The van der Waals surface area contributed by atoms with Crippen molar-refractivity contribution in [1.29, 1.82) is 0 Å². The van der Waals surface area contributed by atoms with Crippen molar-refractivity contribution in [2.45, 2.75) is 6.54 Å². The second-order valence-electron chi connectivity index (χ2n) is 3.61. The highest BCUT2D eigenvalue weighted by Gasteiger charge is 2.06. The molecule has 1 aromatic carbocycles. The lowest BCUT2D eigenvalue weighted by molar-refractivity contribution is 0.627. The summed E-state index contributed by atoms with van der Waals surface area (Å²) >= 11 is 0. The van der Waals surface area contributed by atoms with Crippen molar-refractivity contribution in [2.24, 2.45) is 5.84 Å². The number of aromatic nitrogens is 2. The van der Waals surface area contributed by atoms with Crippen molar-refractivity contribution in [3.63, 3.8) is 0 Å². The van der Waals surface area contributed by atoms with E-state index in [1.165, 1.54) is 18.5 Å². The number of nitrogens with zero attached hydrogens (tertiary/aromatic N) is 2. The summed E-state index contributed by atoms with van der Waals surface area (Å²) in [6.07, 6.45) is 1.35. The lowest BCUT2D eigenvalue weighted by atomic mass is 10.2. The fourth-order valence-electron chi connectivity index (χ4n) is 1.44. The van der Waals surface area contributed by atoms with E-state index in [4.69, 9.17) is 11.6 Å². The Bertz CT molecular complexity index is 528. The predicted molar refractivity (Wildman–Crippen MR) is 68.0 cm³/mol. The van der Waals surface area contributed by atoms with Crippen LogP contribution >= 0.6 is 0 Å². The van der Waals surface area contributed by atoms with Gasteiger partial charge < -0.3 is 16.5 Å². The lowest BCUT2D eigenvalue weighted by Crippen LogP contribution is -2.13. The van der Waals surface area contributed by atoms with Crippen LogP contribution in [0, 0.1) is 5.82 Å². The molecule has 0 fully saturated rings. The van der Waals surface area contributed by atoms with Gasteiger partial charge in [0.2, 0.25) is 0 Å². The second-order valence-corrected chi connectivity index (χ2v) is 3.61. The van der Waals surface area contributed by atoms with Gasteiger partial charge in [-0.3, -0.25) is 0 Å². The highest BCUT2D eigenvalue weighted by molar-refractivity contribution is 5.73. The molecule has 0 atom stereocenters. The van der Waals surface area contributed by atoms with Crippen LogP contribution in [0.1, 0.15) is 5.56 Å². The molecule has 0 radical (unpaired) electrons. The number of halogens is 1. The van der Waals surface area contributed by atoms with E-state index >= 15 is 0 Å². The zero-order valence-electron chi connectivity index (χ0n) is 9.52. The molecule has 0 spiro atoms. The van der Waals surface area contributed by atoms with Crippen LogP contribution in [0.5, 0.6) is 0 Å². The first kappa shape index (κ1) is 12.1. The van der Waals surface area contributed by atoms with Gasteiger partial charge in [-0.15, -0.1) is 0 Å². The standard InChI is InChI=1S/C11H13FN6/c12-8-3-1-7(2-4-8)5-15-10-9(13)11(18-14)17-6-16-10/h1-4,6H,5,13-14H2,(H2,15,16,17,18). The summed E-state index contributed by atoms with van der Waals surface area (Å²) in [6, 6.07) is 6.16. The third-order valence-corrected chi connectivity index (χ3v) is 2.39. The summed E-state index contributed by atoms with van der Waals surface area (Å²) in [5, 5.41) is 3.03. The van der Waals surface area contributed by atoms with Crippen molar-refractivity contribution >= 4 is 17.3 Å². The number of anilines is 3. The van der Waals surface area contributed by atoms with Crippen molar-refractivity contribution in [2.75, 3.05) is 16.5 Å². The van der Waals surface area contributed by atoms with Crippen molar-refractivity contribution in [3.8, 4) is 0 Å². The quantitative estimate of drug-likeness (QED) is 0.477. The van der Waals surface area contributed by atoms with Crippen LogP contribution < -0.4 is 22.3 Å². The number of nitrogens with two attached hydrogens (primary N) is 2. The normalized spacial score (nSPS) is 10.1. The van der Waals surface area contributed by atoms with Crippen molar-refractivity contribution in [3.05, 3.63) is 42.0 Å². The molecule has 1 aromatic heterocycles. The van der Waals surface area contributed by atoms with Crippen LogP contribution in [-0.4, -0.2) is 9.97 Å². The van der Waals surface area contributed by atoms with Crippen LogP contribution in [0.4, 0.5) is 21.7 Å². The zero-order chi connectivity index (χ0) is 13.0. The van der Waals surface area contributed by atoms with E-state index in [2.05, 4.69) is 20.7 Å². The Kier molecular flexibility index (Phi) is 3.54. The van der Waals surface area contributed by atoms with E-state index in [0.29, 0.717) is 23.9 Å². The Morgan fingerprint density at radius 2 is 1.78 bits per heavy atom. The Hall–Kier alpha value is -2.41. The average molecular weight is 248 g/mol. The number of hydrazine groups is 1. The van der Waals surface area contributed by atoms with E-state index in [0.717, 1.165) is 5.56 Å². The number of nitrogens with one attached hydrogen (secondary N) is 2. The SMILES string of the molecule is NNc1ncnc(NCc2ccc(F)cc2)c1N. The number of hydrogen-bond acceptors (Lipinski definition) is 6. The minimum absolute atomic E-state index is 0.269.